The summed E-state index contributed by atoms with van der Waals surface area (Å²) < 4.78 is 1.60. The zero-order valence-electron chi connectivity index (χ0n) is 6.91. The van der Waals surface area contributed by atoms with Gasteiger partial charge in [-0.2, -0.15) is 5.10 Å². The van der Waals surface area contributed by atoms with Crippen LogP contribution in [0, 0.1) is 0 Å². The number of carbonyl (C=O) groups excluding carboxylic acids is 1. The highest BCUT2D eigenvalue weighted by Gasteiger charge is 2.09. The molecule has 5 heteroatoms. The lowest BCUT2D eigenvalue weighted by Gasteiger charge is -2.05. The molecule has 0 radical (unpaired) electrons. The third-order valence-corrected chi connectivity index (χ3v) is 1.85. The molecule has 0 aromatic carbocycles. The van der Waals surface area contributed by atoms with Gasteiger partial charge in [0.15, 0.2) is 0 Å². The highest BCUT2D eigenvalue weighted by molar-refractivity contribution is 9.10. The van der Waals surface area contributed by atoms with Gasteiger partial charge in [0, 0.05) is 13.1 Å². The molecule has 4 nitrogen and oxygen atoms in total. The van der Waals surface area contributed by atoms with E-state index in [4.69, 9.17) is 0 Å². The Morgan fingerprint density at radius 1 is 1.83 bits per heavy atom. The predicted octanol–water partition coefficient (Wildman–Crippen LogP) is 1.14. The van der Waals surface area contributed by atoms with Crippen LogP contribution in [0.25, 0.3) is 0 Å². The molecule has 0 aliphatic carbocycles. The fourth-order valence-corrected chi connectivity index (χ4v) is 0.837. The third kappa shape index (κ3) is 2.07. The molecule has 0 spiro atoms. The van der Waals surface area contributed by atoms with E-state index in [9.17, 15) is 4.79 Å². The Morgan fingerprint density at radius 2 is 2.50 bits per heavy atom. The van der Waals surface area contributed by atoms with Crippen LogP contribution >= 0.6 is 15.9 Å². The van der Waals surface area contributed by atoms with Crippen LogP contribution < -0.4 is 5.32 Å². The maximum Gasteiger partial charge on any atom is 0.239 e. The Balaban J connectivity index is 2.64. The maximum atomic E-state index is 11.2. The van der Waals surface area contributed by atoms with Crippen molar-refractivity contribution in [2.75, 3.05) is 5.32 Å². The molecule has 1 heterocycles. The number of rotatable bonds is 2. The number of halogens is 1. The summed E-state index contributed by atoms with van der Waals surface area (Å²) in [5.41, 5.74) is 0. The largest absolute Gasteiger partial charge is 0.310 e. The van der Waals surface area contributed by atoms with Crippen molar-refractivity contribution < 1.29 is 4.79 Å². The normalized spacial score (nSPS) is 12.6. The first-order valence-electron chi connectivity index (χ1n) is 3.54. The quantitative estimate of drug-likeness (QED) is 0.777. The number of nitrogens with one attached hydrogen (secondary N) is 1. The van der Waals surface area contributed by atoms with E-state index in [-0.39, 0.29) is 10.7 Å². The monoisotopic (exact) mass is 231 g/mol. The van der Waals surface area contributed by atoms with E-state index in [1.54, 1.807) is 30.9 Å². The Hall–Kier alpha value is -0.840. The molecule has 0 unspecified atom stereocenters. The van der Waals surface area contributed by atoms with E-state index < -0.39 is 0 Å². The summed E-state index contributed by atoms with van der Waals surface area (Å²) in [6, 6.07) is 1.74. The van der Waals surface area contributed by atoms with Crippen molar-refractivity contribution in [2.24, 2.45) is 7.05 Å². The van der Waals surface area contributed by atoms with Gasteiger partial charge in [0.1, 0.15) is 5.82 Å². The minimum atomic E-state index is -0.188. The molecule has 12 heavy (non-hydrogen) atoms. The van der Waals surface area contributed by atoms with Crippen molar-refractivity contribution in [2.45, 2.75) is 11.8 Å². The number of nitrogens with zero attached hydrogens (tertiary/aromatic N) is 2. The van der Waals surface area contributed by atoms with Crippen LogP contribution in [-0.4, -0.2) is 20.5 Å². The molecule has 0 aliphatic rings. The molecular formula is C7H10BrN3O. The van der Waals surface area contributed by atoms with Gasteiger partial charge in [-0.3, -0.25) is 9.48 Å². The number of carbonyl (C=O) groups is 1. The van der Waals surface area contributed by atoms with E-state index in [2.05, 4.69) is 26.3 Å². The van der Waals surface area contributed by atoms with Crippen molar-refractivity contribution in [3.05, 3.63) is 12.3 Å². The minimum absolute atomic E-state index is 0.0707. The van der Waals surface area contributed by atoms with Gasteiger partial charge in [-0.25, -0.2) is 0 Å². The number of alkyl halides is 1. The Bertz CT molecular complexity index is 282. The first-order valence-corrected chi connectivity index (χ1v) is 4.46. The molecule has 1 aromatic rings. The van der Waals surface area contributed by atoms with Gasteiger partial charge in [0.05, 0.1) is 11.0 Å². The second-order valence-electron chi connectivity index (χ2n) is 2.45. The molecule has 0 saturated carbocycles. The van der Waals surface area contributed by atoms with Crippen molar-refractivity contribution in [3.8, 4) is 0 Å². The lowest BCUT2D eigenvalue weighted by atomic mass is 10.4. The number of anilines is 1. The summed E-state index contributed by atoms with van der Waals surface area (Å²) in [4.78, 5) is 11.0. The molecule has 1 amide bonds. The van der Waals surface area contributed by atoms with Crippen molar-refractivity contribution in [1.29, 1.82) is 0 Å². The topological polar surface area (TPSA) is 46.9 Å². The van der Waals surface area contributed by atoms with Gasteiger partial charge in [-0.05, 0) is 6.92 Å². The van der Waals surface area contributed by atoms with E-state index in [0.29, 0.717) is 5.82 Å². The van der Waals surface area contributed by atoms with Crippen LogP contribution in [0.1, 0.15) is 6.92 Å². The predicted molar refractivity (Wildman–Crippen MR) is 50.2 cm³/mol. The van der Waals surface area contributed by atoms with Crippen molar-refractivity contribution in [1.82, 2.24) is 9.78 Å². The summed E-state index contributed by atoms with van der Waals surface area (Å²) in [7, 11) is 1.77. The van der Waals surface area contributed by atoms with Gasteiger partial charge >= 0.3 is 0 Å². The van der Waals surface area contributed by atoms with Gasteiger partial charge in [0.2, 0.25) is 5.91 Å². The molecule has 0 saturated heterocycles. The minimum Gasteiger partial charge on any atom is -0.310 e. The van der Waals surface area contributed by atoms with E-state index in [1.807, 2.05) is 0 Å². The maximum absolute atomic E-state index is 11.2. The third-order valence-electron chi connectivity index (χ3n) is 1.43. The first-order chi connectivity index (χ1) is 5.61. The van der Waals surface area contributed by atoms with Crippen molar-refractivity contribution >= 4 is 27.7 Å². The van der Waals surface area contributed by atoms with Crippen LogP contribution in [0.15, 0.2) is 12.3 Å². The number of aryl methyl sites for hydroxylation is 1. The zero-order chi connectivity index (χ0) is 9.14. The highest BCUT2D eigenvalue weighted by Crippen LogP contribution is 2.06. The average molecular weight is 232 g/mol. The van der Waals surface area contributed by atoms with E-state index in [1.165, 1.54) is 0 Å². The fourth-order valence-electron chi connectivity index (χ4n) is 0.722. The molecule has 1 aromatic heterocycles. The van der Waals surface area contributed by atoms with Crippen LogP contribution in [0.4, 0.5) is 5.82 Å². The van der Waals surface area contributed by atoms with E-state index >= 15 is 0 Å². The van der Waals surface area contributed by atoms with E-state index in [0.717, 1.165) is 0 Å². The van der Waals surface area contributed by atoms with Crippen LogP contribution in [0.5, 0.6) is 0 Å². The molecule has 66 valence electrons. The van der Waals surface area contributed by atoms with Gasteiger partial charge < -0.3 is 5.32 Å². The lowest BCUT2D eigenvalue weighted by Crippen LogP contribution is -2.21. The molecule has 1 N–H and O–H groups in total. The Morgan fingerprint density at radius 3 is 2.92 bits per heavy atom. The van der Waals surface area contributed by atoms with Crippen LogP contribution in [0.3, 0.4) is 0 Å². The van der Waals surface area contributed by atoms with Crippen LogP contribution in [-0.2, 0) is 11.8 Å². The fraction of sp³-hybridized carbons (Fsp3) is 0.429. The van der Waals surface area contributed by atoms with Crippen LogP contribution in [0.2, 0.25) is 0 Å². The Labute approximate surface area is 79.1 Å². The number of hydrogen-bond acceptors (Lipinski definition) is 2. The lowest BCUT2D eigenvalue weighted by molar-refractivity contribution is -0.115. The molecule has 0 fully saturated rings. The molecule has 0 bridgehead atoms. The summed E-state index contributed by atoms with van der Waals surface area (Å²) in [6.07, 6.45) is 1.63. The van der Waals surface area contributed by atoms with Gasteiger partial charge in [-0.15, -0.1) is 0 Å². The summed E-state index contributed by atoms with van der Waals surface area (Å²) in [5, 5.41) is 6.62. The zero-order valence-corrected chi connectivity index (χ0v) is 8.50. The van der Waals surface area contributed by atoms with Gasteiger partial charge in [0.25, 0.3) is 0 Å². The second kappa shape index (κ2) is 3.71. The summed E-state index contributed by atoms with van der Waals surface area (Å²) in [6.45, 7) is 1.77. The first kappa shape index (κ1) is 9.25. The van der Waals surface area contributed by atoms with Gasteiger partial charge in [-0.1, -0.05) is 15.9 Å². The Kier molecular flexibility index (Phi) is 2.86. The number of aromatic nitrogens is 2. The smallest absolute Gasteiger partial charge is 0.239 e. The molecular weight excluding hydrogens is 222 g/mol. The average Bonchev–Trinajstić information content (AvgIpc) is 2.36. The standard InChI is InChI=1S/C7H10BrN3O/c1-5(8)7(12)10-6-3-4-9-11(6)2/h3-5H,1-2H3,(H,10,12)/t5-/m1/s1. The molecule has 0 aliphatic heterocycles. The van der Waals surface area contributed by atoms with Crippen molar-refractivity contribution in [3.63, 3.8) is 0 Å². The second-order valence-corrected chi connectivity index (χ2v) is 3.82. The molecule has 1 rings (SSSR count). The molecule has 1 atom stereocenters. The SMILES string of the molecule is C[C@@H](Br)C(=O)Nc1ccnn1C. The number of amides is 1. The highest BCUT2D eigenvalue weighted by atomic mass is 79.9. The summed E-state index contributed by atoms with van der Waals surface area (Å²) >= 11 is 3.17. The number of hydrogen-bond donors (Lipinski definition) is 1. The summed E-state index contributed by atoms with van der Waals surface area (Å²) in [5.74, 6) is 0.630.